The molecule has 0 bridgehead atoms. The summed E-state index contributed by atoms with van der Waals surface area (Å²) in [5, 5.41) is 2.85. The van der Waals surface area contributed by atoms with Crippen LogP contribution in [0, 0.1) is 0 Å². The van der Waals surface area contributed by atoms with E-state index in [2.05, 4.69) is 5.32 Å². The fourth-order valence-electron chi connectivity index (χ4n) is 2.07. The van der Waals surface area contributed by atoms with E-state index in [0.29, 0.717) is 28.4 Å². The monoisotopic (exact) mass is 304 g/mol. The highest BCUT2D eigenvalue weighted by molar-refractivity contribution is 6.04. The number of amides is 1. The summed E-state index contributed by atoms with van der Waals surface area (Å²) in [6, 6.07) is 23.5. The molecule has 0 aliphatic carbocycles. The van der Waals surface area contributed by atoms with Crippen molar-refractivity contribution in [3.63, 3.8) is 0 Å². The maximum atomic E-state index is 12.1. The highest BCUT2D eigenvalue weighted by Gasteiger charge is 2.05. The number of carbonyl (C=O) groups excluding carboxylic acids is 1. The molecule has 0 radical (unpaired) electrons. The van der Waals surface area contributed by atoms with Gasteiger partial charge in [-0.05, 0) is 60.7 Å². The Morgan fingerprint density at radius 3 is 1.96 bits per heavy atom. The highest BCUT2D eigenvalue weighted by Crippen LogP contribution is 2.23. The Balaban J connectivity index is 1.65. The van der Waals surface area contributed by atoms with Gasteiger partial charge >= 0.3 is 0 Å². The van der Waals surface area contributed by atoms with Gasteiger partial charge in [-0.15, -0.1) is 0 Å². The molecule has 0 aliphatic heterocycles. The number of ether oxygens (including phenoxy) is 1. The van der Waals surface area contributed by atoms with Crippen LogP contribution < -0.4 is 15.8 Å². The number of hydrogen-bond acceptors (Lipinski definition) is 3. The van der Waals surface area contributed by atoms with Crippen LogP contribution in [-0.2, 0) is 0 Å². The van der Waals surface area contributed by atoms with Crippen molar-refractivity contribution >= 4 is 17.3 Å². The number of nitrogens with two attached hydrogens (primary N) is 1. The topological polar surface area (TPSA) is 64.3 Å². The first-order valence-electron chi connectivity index (χ1n) is 7.20. The van der Waals surface area contributed by atoms with Crippen LogP contribution in [-0.4, -0.2) is 5.91 Å². The first-order chi connectivity index (χ1) is 11.2. The van der Waals surface area contributed by atoms with Crippen LogP contribution in [0.15, 0.2) is 78.9 Å². The molecule has 0 aliphatic rings. The first kappa shape index (κ1) is 14.7. The number of anilines is 2. The van der Waals surface area contributed by atoms with Crippen LogP contribution >= 0.6 is 0 Å². The van der Waals surface area contributed by atoms with Crippen molar-refractivity contribution in [1.29, 1.82) is 0 Å². The number of nitrogens with one attached hydrogen (secondary N) is 1. The fraction of sp³-hybridized carbons (Fsp3) is 0. The van der Waals surface area contributed by atoms with Crippen LogP contribution in [0.5, 0.6) is 11.5 Å². The van der Waals surface area contributed by atoms with Gasteiger partial charge in [-0.2, -0.15) is 0 Å². The smallest absolute Gasteiger partial charge is 0.255 e. The molecule has 4 nitrogen and oxygen atoms in total. The van der Waals surface area contributed by atoms with Crippen molar-refractivity contribution in [2.45, 2.75) is 0 Å². The Labute approximate surface area is 134 Å². The van der Waals surface area contributed by atoms with Gasteiger partial charge in [0.25, 0.3) is 5.91 Å². The number of nitrogen functional groups attached to an aromatic ring is 1. The molecule has 0 aromatic heterocycles. The van der Waals surface area contributed by atoms with Gasteiger partial charge in [-0.1, -0.05) is 18.2 Å². The summed E-state index contributed by atoms with van der Waals surface area (Å²) in [6.07, 6.45) is 0. The Morgan fingerprint density at radius 2 is 1.35 bits per heavy atom. The molecule has 4 heteroatoms. The Morgan fingerprint density at radius 1 is 0.783 bits per heavy atom. The van der Waals surface area contributed by atoms with Crippen molar-refractivity contribution in [2.24, 2.45) is 0 Å². The quantitative estimate of drug-likeness (QED) is 0.706. The second-order valence-electron chi connectivity index (χ2n) is 5.02. The molecule has 3 aromatic carbocycles. The van der Waals surface area contributed by atoms with Gasteiger partial charge in [0.05, 0.1) is 0 Å². The molecule has 23 heavy (non-hydrogen) atoms. The molecule has 3 rings (SSSR count). The molecule has 0 saturated carbocycles. The van der Waals surface area contributed by atoms with E-state index in [1.54, 1.807) is 60.7 Å². The summed E-state index contributed by atoms with van der Waals surface area (Å²) in [7, 11) is 0. The number of rotatable bonds is 4. The van der Waals surface area contributed by atoms with Gasteiger partial charge in [0.2, 0.25) is 0 Å². The average Bonchev–Trinajstić information content (AvgIpc) is 2.59. The summed E-state index contributed by atoms with van der Waals surface area (Å²) in [4.78, 5) is 12.1. The van der Waals surface area contributed by atoms with Crippen LogP contribution in [0.4, 0.5) is 11.4 Å². The van der Waals surface area contributed by atoms with E-state index in [0.717, 1.165) is 0 Å². The molecule has 3 aromatic rings. The molecule has 0 saturated heterocycles. The van der Waals surface area contributed by atoms with E-state index >= 15 is 0 Å². The predicted octanol–water partition coefficient (Wildman–Crippen LogP) is 4.31. The van der Waals surface area contributed by atoms with E-state index in [9.17, 15) is 4.79 Å². The third kappa shape index (κ3) is 3.89. The zero-order chi connectivity index (χ0) is 16.1. The second-order valence-corrected chi connectivity index (χ2v) is 5.02. The van der Waals surface area contributed by atoms with Crippen molar-refractivity contribution in [2.75, 3.05) is 11.1 Å². The molecule has 0 unspecified atom stereocenters. The van der Waals surface area contributed by atoms with Gasteiger partial charge < -0.3 is 15.8 Å². The molecular formula is C19H16N2O2. The first-order valence-corrected chi connectivity index (χ1v) is 7.20. The molecule has 0 heterocycles. The lowest BCUT2D eigenvalue weighted by Gasteiger charge is -2.08. The van der Waals surface area contributed by atoms with Gasteiger partial charge in [0.15, 0.2) is 0 Å². The van der Waals surface area contributed by atoms with Gasteiger partial charge in [0, 0.05) is 16.9 Å². The van der Waals surface area contributed by atoms with Crippen molar-refractivity contribution in [3.8, 4) is 11.5 Å². The van der Waals surface area contributed by atoms with Gasteiger partial charge in [0.1, 0.15) is 11.5 Å². The molecule has 0 atom stereocenters. The summed E-state index contributed by atoms with van der Waals surface area (Å²) in [5.41, 5.74) is 7.66. The lowest BCUT2D eigenvalue weighted by molar-refractivity contribution is 0.102. The van der Waals surface area contributed by atoms with Gasteiger partial charge in [-0.25, -0.2) is 0 Å². The standard InChI is InChI=1S/C19H16N2O2/c20-15-6-10-17(11-7-15)23-18-12-8-16(9-13-18)21-19(22)14-4-2-1-3-5-14/h1-13H,20H2,(H,21,22). The molecule has 114 valence electrons. The summed E-state index contributed by atoms with van der Waals surface area (Å²) in [5.74, 6) is 1.26. The van der Waals surface area contributed by atoms with Gasteiger partial charge in [-0.3, -0.25) is 4.79 Å². The number of carbonyl (C=O) groups is 1. The average molecular weight is 304 g/mol. The van der Waals surface area contributed by atoms with E-state index in [-0.39, 0.29) is 5.91 Å². The predicted molar refractivity (Wildman–Crippen MR) is 91.8 cm³/mol. The Kier molecular flexibility index (Phi) is 4.25. The van der Waals surface area contributed by atoms with E-state index < -0.39 is 0 Å². The van der Waals surface area contributed by atoms with Crippen molar-refractivity contribution in [3.05, 3.63) is 84.4 Å². The summed E-state index contributed by atoms with van der Waals surface area (Å²) in [6.45, 7) is 0. The van der Waals surface area contributed by atoms with Crippen LogP contribution in [0.3, 0.4) is 0 Å². The zero-order valence-corrected chi connectivity index (χ0v) is 12.4. The summed E-state index contributed by atoms with van der Waals surface area (Å²) >= 11 is 0. The highest BCUT2D eigenvalue weighted by atomic mass is 16.5. The van der Waals surface area contributed by atoms with E-state index in [4.69, 9.17) is 10.5 Å². The molecule has 3 N–H and O–H groups in total. The maximum absolute atomic E-state index is 12.1. The minimum Gasteiger partial charge on any atom is -0.457 e. The molecule has 0 fully saturated rings. The Hall–Kier alpha value is -3.27. The third-order valence-corrected chi connectivity index (χ3v) is 3.26. The summed E-state index contributed by atoms with van der Waals surface area (Å²) < 4.78 is 5.71. The normalized spacial score (nSPS) is 10.1. The third-order valence-electron chi connectivity index (χ3n) is 3.26. The molecule has 0 spiro atoms. The largest absolute Gasteiger partial charge is 0.457 e. The van der Waals surface area contributed by atoms with Crippen LogP contribution in [0.1, 0.15) is 10.4 Å². The molecular weight excluding hydrogens is 288 g/mol. The van der Waals surface area contributed by atoms with Crippen molar-refractivity contribution in [1.82, 2.24) is 0 Å². The van der Waals surface area contributed by atoms with E-state index in [1.807, 2.05) is 18.2 Å². The lowest BCUT2D eigenvalue weighted by Crippen LogP contribution is -2.11. The zero-order valence-electron chi connectivity index (χ0n) is 12.4. The molecule has 1 amide bonds. The number of benzene rings is 3. The van der Waals surface area contributed by atoms with Crippen LogP contribution in [0.2, 0.25) is 0 Å². The fourth-order valence-corrected chi connectivity index (χ4v) is 2.07. The van der Waals surface area contributed by atoms with Crippen LogP contribution in [0.25, 0.3) is 0 Å². The minimum absolute atomic E-state index is 0.141. The Bertz CT molecular complexity index is 782. The van der Waals surface area contributed by atoms with E-state index in [1.165, 1.54) is 0 Å². The lowest BCUT2D eigenvalue weighted by atomic mass is 10.2. The van der Waals surface area contributed by atoms with Crippen molar-refractivity contribution < 1.29 is 9.53 Å². The SMILES string of the molecule is Nc1ccc(Oc2ccc(NC(=O)c3ccccc3)cc2)cc1. The number of hydrogen-bond donors (Lipinski definition) is 2. The maximum Gasteiger partial charge on any atom is 0.255 e. The minimum atomic E-state index is -0.141. The second kappa shape index (κ2) is 6.66.